The van der Waals surface area contributed by atoms with Crippen molar-refractivity contribution in [2.45, 2.75) is 65.4 Å². The van der Waals surface area contributed by atoms with Crippen LogP contribution < -0.4 is 4.74 Å². The third-order valence-electron chi connectivity index (χ3n) is 5.84. The first-order valence-electron chi connectivity index (χ1n) is 12.3. The van der Waals surface area contributed by atoms with Gasteiger partial charge in [0.15, 0.2) is 0 Å². The van der Waals surface area contributed by atoms with Crippen LogP contribution in [0.3, 0.4) is 0 Å². The van der Waals surface area contributed by atoms with Crippen LogP contribution in [0.1, 0.15) is 80.5 Å². The third kappa shape index (κ3) is 7.21. The van der Waals surface area contributed by atoms with Gasteiger partial charge < -0.3 is 9.47 Å². The molecular formula is C30H36O3. The minimum atomic E-state index is -0.299. The summed E-state index contributed by atoms with van der Waals surface area (Å²) in [6, 6.07) is 24.2. The van der Waals surface area contributed by atoms with Gasteiger partial charge in [-0.1, -0.05) is 88.6 Å². The van der Waals surface area contributed by atoms with Crippen LogP contribution in [0.2, 0.25) is 0 Å². The molecule has 0 aromatic heterocycles. The molecule has 0 spiro atoms. The second-order valence-electron chi connectivity index (χ2n) is 8.45. The zero-order valence-corrected chi connectivity index (χ0v) is 20.2. The van der Waals surface area contributed by atoms with E-state index in [0.29, 0.717) is 12.0 Å². The molecule has 3 aromatic rings. The van der Waals surface area contributed by atoms with Crippen LogP contribution in [0.25, 0.3) is 11.1 Å². The molecule has 0 aliphatic carbocycles. The van der Waals surface area contributed by atoms with Crippen molar-refractivity contribution in [3.05, 3.63) is 89.5 Å². The van der Waals surface area contributed by atoms with Gasteiger partial charge in [-0.3, -0.25) is 0 Å². The monoisotopic (exact) mass is 444 g/mol. The smallest absolute Gasteiger partial charge is 0.338 e. The van der Waals surface area contributed by atoms with Crippen molar-refractivity contribution >= 4 is 5.97 Å². The van der Waals surface area contributed by atoms with Crippen LogP contribution in [-0.4, -0.2) is 12.6 Å². The lowest BCUT2D eigenvalue weighted by molar-refractivity contribution is 0.0288. The van der Waals surface area contributed by atoms with E-state index in [1.807, 2.05) is 55.5 Å². The lowest BCUT2D eigenvalue weighted by Gasteiger charge is -2.17. The van der Waals surface area contributed by atoms with Crippen LogP contribution in [0.4, 0.5) is 0 Å². The fourth-order valence-electron chi connectivity index (χ4n) is 3.86. The first-order chi connectivity index (χ1) is 16.1. The summed E-state index contributed by atoms with van der Waals surface area (Å²) in [6.45, 7) is 7.13. The highest BCUT2D eigenvalue weighted by atomic mass is 16.5. The van der Waals surface area contributed by atoms with Gasteiger partial charge in [0.05, 0.1) is 12.2 Å². The zero-order chi connectivity index (χ0) is 23.5. The van der Waals surface area contributed by atoms with E-state index >= 15 is 0 Å². The Hall–Kier alpha value is -3.07. The molecule has 0 aliphatic heterocycles. The van der Waals surface area contributed by atoms with Crippen LogP contribution >= 0.6 is 0 Å². The van der Waals surface area contributed by atoms with Crippen molar-refractivity contribution < 1.29 is 14.3 Å². The number of hydrogen-bond donors (Lipinski definition) is 0. The second-order valence-corrected chi connectivity index (χ2v) is 8.45. The summed E-state index contributed by atoms with van der Waals surface area (Å²) in [5.41, 5.74) is 5.14. The normalized spacial score (nSPS) is 11.7. The van der Waals surface area contributed by atoms with Crippen molar-refractivity contribution in [3.8, 4) is 16.9 Å². The molecule has 3 heteroatoms. The summed E-state index contributed by atoms with van der Waals surface area (Å²) < 4.78 is 11.6. The fraction of sp³-hybridized carbons (Fsp3) is 0.367. The summed E-state index contributed by atoms with van der Waals surface area (Å²) in [6.07, 6.45) is 6.10. The van der Waals surface area contributed by atoms with Gasteiger partial charge in [0.25, 0.3) is 0 Å². The van der Waals surface area contributed by atoms with E-state index in [1.54, 1.807) is 0 Å². The van der Waals surface area contributed by atoms with E-state index in [9.17, 15) is 4.79 Å². The minimum absolute atomic E-state index is 0.280. The molecule has 0 saturated carbocycles. The largest absolute Gasteiger partial charge is 0.494 e. The highest BCUT2D eigenvalue weighted by Gasteiger charge is 2.17. The van der Waals surface area contributed by atoms with Gasteiger partial charge >= 0.3 is 5.97 Å². The Bertz CT molecular complexity index is 973. The molecule has 0 heterocycles. The SMILES string of the molecule is CCCCCOc1ccc(C(CC)OC(=O)c2ccc(-c3ccc(CCC)cc3)cc2)cc1. The maximum Gasteiger partial charge on any atom is 0.338 e. The van der Waals surface area contributed by atoms with Crippen LogP contribution in [-0.2, 0) is 11.2 Å². The minimum Gasteiger partial charge on any atom is -0.494 e. The van der Waals surface area contributed by atoms with Gasteiger partial charge in [-0.05, 0) is 65.8 Å². The molecule has 3 rings (SSSR count). The van der Waals surface area contributed by atoms with Crippen LogP contribution in [0, 0.1) is 0 Å². The first-order valence-corrected chi connectivity index (χ1v) is 12.3. The predicted octanol–water partition coefficient (Wildman–Crippen LogP) is 8.18. The number of carbonyl (C=O) groups excluding carboxylic acids is 1. The number of carbonyl (C=O) groups is 1. The molecule has 1 unspecified atom stereocenters. The van der Waals surface area contributed by atoms with E-state index < -0.39 is 0 Å². The van der Waals surface area contributed by atoms with Crippen molar-refractivity contribution in [1.82, 2.24) is 0 Å². The maximum absolute atomic E-state index is 12.8. The Morgan fingerprint density at radius 2 is 1.39 bits per heavy atom. The summed E-state index contributed by atoms with van der Waals surface area (Å²) in [4.78, 5) is 12.8. The standard InChI is InChI=1S/C30H36O3/c1-4-7-8-22-32-28-20-18-26(19-21-28)29(6-3)33-30(31)27-16-14-25(15-17-27)24-12-10-23(9-5-2)11-13-24/h10-21,29H,4-9,22H2,1-3H3. The Morgan fingerprint density at radius 3 is 1.97 bits per heavy atom. The van der Waals surface area contributed by atoms with Crippen LogP contribution in [0.15, 0.2) is 72.8 Å². The molecule has 3 aromatic carbocycles. The van der Waals surface area contributed by atoms with Crippen molar-refractivity contribution in [1.29, 1.82) is 0 Å². The molecule has 3 nitrogen and oxygen atoms in total. The van der Waals surface area contributed by atoms with Gasteiger partial charge in [-0.15, -0.1) is 0 Å². The van der Waals surface area contributed by atoms with Gasteiger partial charge in [-0.2, -0.15) is 0 Å². The van der Waals surface area contributed by atoms with E-state index in [-0.39, 0.29) is 12.1 Å². The van der Waals surface area contributed by atoms with E-state index in [2.05, 4.69) is 38.1 Å². The second kappa shape index (κ2) is 12.8. The number of hydrogen-bond acceptors (Lipinski definition) is 3. The molecule has 0 saturated heterocycles. The van der Waals surface area contributed by atoms with E-state index in [4.69, 9.17) is 9.47 Å². The van der Waals surface area contributed by atoms with Gasteiger partial charge in [0, 0.05) is 0 Å². The molecule has 0 N–H and O–H groups in total. The molecule has 33 heavy (non-hydrogen) atoms. The molecule has 174 valence electrons. The Labute approximate surface area is 198 Å². The Morgan fingerprint density at radius 1 is 0.758 bits per heavy atom. The molecule has 0 fully saturated rings. The number of benzene rings is 3. The van der Waals surface area contributed by atoms with Crippen LogP contribution in [0.5, 0.6) is 5.75 Å². The summed E-state index contributed by atoms with van der Waals surface area (Å²) in [7, 11) is 0. The molecule has 0 amide bonds. The number of unbranched alkanes of at least 4 members (excludes halogenated alkanes) is 2. The lowest BCUT2D eigenvalue weighted by atomic mass is 10.0. The first kappa shape index (κ1) is 24.6. The summed E-state index contributed by atoms with van der Waals surface area (Å²) >= 11 is 0. The number of esters is 1. The predicted molar refractivity (Wildman–Crippen MR) is 136 cm³/mol. The fourth-order valence-corrected chi connectivity index (χ4v) is 3.86. The summed E-state index contributed by atoms with van der Waals surface area (Å²) in [5.74, 6) is 0.556. The topological polar surface area (TPSA) is 35.5 Å². The average molecular weight is 445 g/mol. The highest BCUT2D eigenvalue weighted by Crippen LogP contribution is 2.26. The third-order valence-corrected chi connectivity index (χ3v) is 5.84. The number of ether oxygens (including phenoxy) is 2. The average Bonchev–Trinajstić information content (AvgIpc) is 2.86. The zero-order valence-electron chi connectivity index (χ0n) is 20.2. The van der Waals surface area contributed by atoms with E-state index in [0.717, 1.165) is 48.3 Å². The van der Waals surface area contributed by atoms with Crippen molar-refractivity contribution in [2.24, 2.45) is 0 Å². The molecular weight excluding hydrogens is 408 g/mol. The van der Waals surface area contributed by atoms with E-state index in [1.165, 1.54) is 18.4 Å². The van der Waals surface area contributed by atoms with Gasteiger partial charge in [0.1, 0.15) is 11.9 Å². The van der Waals surface area contributed by atoms with Gasteiger partial charge in [0.2, 0.25) is 0 Å². The molecule has 1 atom stereocenters. The Kier molecular flexibility index (Phi) is 9.56. The van der Waals surface area contributed by atoms with Gasteiger partial charge in [-0.25, -0.2) is 4.79 Å². The van der Waals surface area contributed by atoms with Crippen molar-refractivity contribution in [2.75, 3.05) is 6.61 Å². The molecule has 0 aliphatic rings. The number of rotatable bonds is 12. The maximum atomic E-state index is 12.8. The highest BCUT2D eigenvalue weighted by molar-refractivity contribution is 5.90. The Balaban J connectivity index is 1.59. The lowest BCUT2D eigenvalue weighted by Crippen LogP contribution is -2.11. The molecule has 0 bridgehead atoms. The van der Waals surface area contributed by atoms with Crippen molar-refractivity contribution in [3.63, 3.8) is 0 Å². The number of aryl methyl sites for hydroxylation is 1. The quantitative estimate of drug-likeness (QED) is 0.209. The summed E-state index contributed by atoms with van der Waals surface area (Å²) in [5, 5.41) is 0. The molecule has 0 radical (unpaired) electrons.